The van der Waals surface area contributed by atoms with Crippen molar-refractivity contribution in [3.8, 4) is 0 Å². The largest absolute Gasteiger partial charge is 0.490 e. The molecule has 27 heavy (non-hydrogen) atoms. The Kier molecular flexibility index (Phi) is 8.47. The fourth-order valence-corrected chi connectivity index (χ4v) is 2.17. The van der Waals surface area contributed by atoms with E-state index < -0.39 is 18.2 Å². The number of halogens is 3. The zero-order valence-electron chi connectivity index (χ0n) is 14.7. The number of carbonyl (C=O) groups excluding carboxylic acids is 1. The summed E-state index contributed by atoms with van der Waals surface area (Å²) in [6.45, 7) is 0.585. The minimum absolute atomic E-state index is 0.0299. The molecule has 8 heteroatoms. The Morgan fingerprint density at radius 3 is 1.81 bits per heavy atom. The molecule has 0 aromatic heterocycles. The minimum Gasteiger partial charge on any atom is -0.475 e. The predicted octanol–water partition coefficient (Wildman–Crippen LogP) is 2.85. The molecule has 0 spiro atoms. The second kappa shape index (κ2) is 10.3. The highest BCUT2D eigenvalue weighted by Gasteiger charge is 2.38. The van der Waals surface area contributed by atoms with E-state index in [4.69, 9.17) is 15.6 Å². The smallest absolute Gasteiger partial charge is 0.475 e. The van der Waals surface area contributed by atoms with Gasteiger partial charge in [0, 0.05) is 13.6 Å². The first kappa shape index (κ1) is 22.2. The highest BCUT2D eigenvalue weighted by Crippen LogP contribution is 2.13. The molecule has 0 saturated carbocycles. The van der Waals surface area contributed by atoms with Crippen LogP contribution in [-0.4, -0.2) is 41.1 Å². The molecule has 5 nitrogen and oxygen atoms in total. The van der Waals surface area contributed by atoms with Crippen LogP contribution in [0.3, 0.4) is 0 Å². The lowest BCUT2D eigenvalue weighted by Crippen LogP contribution is -2.42. The second-order valence-electron chi connectivity index (χ2n) is 5.78. The summed E-state index contributed by atoms with van der Waals surface area (Å²) in [5, 5.41) is 7.12. The zero-order valence-corrected chi connectivity index (χ0v) is 14.7. The molecule has 0 saturated heterocycles. The van der Waals surface area contributed by atoms with E-state index in [0.29, 0.717) is 13.0 Å². The molecule has 0 aliphatic heterocycles. The number of amides is 1. The fourth-order valence-electron chi connectivity index (χ4n) is 2.17. The van der Waals surface area contributed by atoms with Crippen LogP contribution in [0.25, 0.3) is 0 Å². The summed E-state index contributed by atoms with van der Waals surface area (Å²) < 4.78 is 31.7. The summed E-state index contributed by atoms with van der Waals surface area (Å²) in [7, 11) is 1.79. The molecule has 0 aliphatic rings. The van der Waals surface area contributed by atoms with Gasteiger partial charge < -0.3 is 15.7 Å². The van der Waals surface area contributed by atoms with Gasteiger partial charge in [-0.15, -0.1) is 0 Å². The van der Waals surface area contributed by atoms with Gasteiger partial charge in [0.15, 0.2) is 0 Å². The van der Waals surface area contributed by atoms with Gasteiger partial charge in [-0.1, -0.05) is 60.7 Å². The number of benzene rings is 2. The summed E-state index contributed by atoms with van der Waals surface area (Å²) in [5.74, 6) is -2.79. The van der Waals surface area contributed by atoms with Crippen LogP contribution in [0, 0.1) is 0 Å². The molecular formula is C19H21F3N2O3. The van der Waals surface area contributed by atoms with Gasteiger partial charge in [-0.2, -0.15) is 13.2 Å². The third-order valence-corrected chi connectivity index (χ3v) is 3.50. The van der Waals surface area contributed by atoms with E-state index in [9.17, 15) is 18.0 Å². The predicted molar refractivity (Wildman–Crippen MR) is 94.7 cm³/mol. The average molecular weight is 382 g/mol. The maximum absolute atomic E-state index is 12.3. The number of carboxylic acid groups (broad SMARTS) is 1. The van der Waals surface area contributed by atoms with Crippen molar-refractivity contribution in [1.29, 1.82) is 0 Å². The third-order valence-electron chi connectivity index (χ3n) is 3.50. The molecular weight excluding hydrogens is 361 g/mol. The van der Waals surface area contributed by atoms with Crippen LogP contribution in [0.4, 0.5) is 13.2 Å². The van der Waals surface area contributed by atoms with Gasteiger partial charge in [0.05, 0.1) is 6.04 Å². The number of aliphatic carboxylic acids is 1. The van der Waals surface area contributed by atoms with Gasteiger partial charge in [0.25, 0.3) is 0 Å². The van der Waals surface area contributed by atoms with Crippen LogP contribution in [0.5, 0.6) is 0 Å². The normalized spacial score (nSPS) is 11.7. The van der Waals surface area contributed by atoms with Gasteiger partial charge in [0.1, 0.15) is 0 Å². The Bertz CT molecular complexity index is 672. The van der Waals surface area contributed by atoms with E-state index in [1.807, 2.05) is 60.7 Å². The maximum atomic E-state index is 12.3. The Hall–Kier alpha value is -2.87. The first-order valence-corrected chi connectivity index (χ1v) is 7.99. The number of carbonyl (C=O) groups is 2. The standard InChI is InChI=1S/C17H20N2O.C2HF3O2/c1-19(13-15-10-6-3-7-11-15)17(20)16(18)12-14-8-4-2-5-9-14;3-2(4,5)1(6)7/h2-11,16H,12-13,18H2,1H3;(H,6,7)/t16-;/m0./s1. The van der Waals surface area contributed by atoms with Gasteiger partial charge in [0.2, 0.25) is 5.91 Å². The minimum atomic E-state index is -5.08. The average Bonchev–Trinajstić information content (AvgIpc) is 2.62. The van der Waals surface area contributed by atoms with E-state index in [1.165, 1.54) is 0 Å². The Labute approximate surface area is 155 Å². The highest BCUT2D eigenvalue weighted by molar-refractivity contribution is 5.81. The molecule has 2 aromatic carbocycles. The van der Waals surface area contributed by atoms with Crippen LogP contribution >= 0.6 is 0 Å². The number of alkyl halides is 3. The molecule has 0 fully saturated rings. The van der Waals surface area contributed by atoms with E-state index >= 15 is 0 Å². The van der Waals surface area contributed by atoms with Gasteiger partial charge >= 0.3 is 12.1 Å². The lowest BCUT2D eigenvalue weighted by atomic mass is 10.1. The number of hydrogen-bond donors (Lipinski definition) is 2. The van der Waals surface area contributed by atoms with Crippen molar-refractivity contribution in [3.63, 3.8) is 0 Å². The van der Waals surface area contributed by atoms with Crippen LogP contribution in [-0.2, 0) is 22.6 Å². The number of nitrogens with zero attached hydrogens (tertiary/aromatic N) is 1. The summed E-state index contributed by atoms with van der Waals surface area (Å²) in [4.78, 5) is 22.8. The summed E-state index contributed by atoms with van der Waals surface area (Å²) in [6, 6.07) is 19.3. The highest BCUT2D eigenvalue weighted by atomic mass is 19.4. The Morgan fingerprint density at radius 1 is 1.00 bits per heavy atom. The van der Waals surface area contributed by atoms with Crippen molar-refractivity contribution in [2.75, 3.05) is 7.05 Å². The molecule has 3 N–H and O–H groups in total. The van der Waals surface area contributed by atoms with Crippen LogP contribution in [0.2, 0.25) is 0 Å². The SMILES string of the molecule is CN(Cc1ccccc1)C(=O)[C@@H](N)Cc1ccccc1.O=C(O)C(F)(F)F. The van der Waals surface area contributed by atoms with Gasteiger partial charge in [-0.25, -0.2) is 4.79 Å². The molecule has 0 aliphatic carbocycles. The van der Waals surface area contributed by atoms with Crippen molar-refractivity contribution in [1.82, 2.24) is 4.90 Å². The maximum Gasteiger partial charge on any atom is 0.490 e. The van der Waals surface area contributed by atoms with Crippen molar-refractivity contribution in [3.05, 3.63) is 71.8 Å². The molecule has 1 amide bonds. The van der Waals surface area contributed by atoms with E-state index in [1.54, 1.807) is 11.9 Å². The van der Waals surface area contributed by atoms with Crippen LogP contribution in [0.1, 0.15) is 11.1 Å². The molecule has 2 aromatic rings. The topological polar surface area (TPSA) is 83.6 Å². The summed E-state index contributed by atoms with van der Waals surface area (Å²) in [5.41, 5.74) is 8.20. The van der Waals surface area contributed by atoms with Crippen molar-refractivity contribution in [2.45, 2.75) is 25.2 Å². The van der Waals surface area contributed by atoms with E-state index in [2.05, 4.69) is 0 Å². The lowest BCUT2D eigenvalue weighted by Gasteiger charge is -2.21. The van der Waals surface area contributed by atoms with E-state index in [-0.39, 0.29) is 5.91 Å². The molecule has 2 rings (SSSR count). The molecule has 1 atom stereocenters. The molecule has 146 valence electrons. The van der Waals surface area contributed by atoms with Gasteiger partial charge in [-0.3, -0.25) is 4.79 Å². The van der Waals surface area contributed by atoms with Gasteiger partial charge in [-0.05, 0) is 17.5 Å². The molecule has 0 radical (unpaired) electrons. The van der Waals surface area contributed by atoms with Crippen molar-refractivity contribution in [2.24, 2.45) is 5.73 Å². The second-order valence-corrected chi connectivity index (χ2v) is 5.78. The molecule has 0 unspecified atom stereocenters. The molecule has 0 heterocycles. The van der Waals surface area contributed by atoms with Crippen LogP contribution < -0.4 is 5.73 Å². The number of hydrogen-bond acceptors (Lipinski definition) is 3. The third kappa shape index (κ3) is 8.37. The first-order valence-electron chi connectivity index (χ1n) is 7.99. The molecule has 0 bridgehead atoms. The number of likely N-dealkylation sites (N-methyl/N-ethyl adjacent to an activating group) is 1. The quantitative estimate of drug-likeness (QED) is 0.833. The van der Waals surface area contributed by atoms with E-state index in [0.717, 1.165) is 11.1 Å². The monoisotopic (exact) mass is 382 g/mol. The summed E-state index contributed by atoms with van der Waals surface area (Å²) >= 11 is 0. The van der Waals surface area contributed by atoms with Crippen molar-refractivity contribution < 1.29 is 27.9 Å². The first-order chi connectivity index (χ1) is 12.6. The fraction of sp³-hybridized carbons (Fsp3) is 0.263. The lowest BCUT2D eigenvalue weighted by molar-refractivity contribution is -0.192. The Morgan fingerprint density at radius 2 is 1.41 bits per heavy atom. The Balaban J connectivity index is 0.000000445. The number of carboxylic acids is 1. The number of nitrogens with two attached hydrogens (primary N) is 1. The number of rotatable bonds is 5. The summed E-state index contributed by atoms with van der Waals surface area (Å²) in [6.07, 6.45) is -4.52. The zero-order chi connectivity index (χ0) is 20.4. The van der Waals surface area contributed by atoms with Crippen molar-refractivity contribution >= 4 is 11.9 Å². The van der Waals surface area contributed by atoms with Crippen LogP contribution in [0.15, 0.2) is 60.7 Å².